The molecule has 1 aromatic carbocycles. The van der Waals surface area contributed by atoms with Crippen LogP contribution in [0.3, 0.4) is 0 Å². The summed E-state index contributed by atoms with van der Waals surface area (Å²) >= 11 is 0. The molecule has 3 rings (SSSR count). The minimum absolute atomic E-state index is 0.0314. The first kappa shape index (κ1) is 17.7. The third kappa shape index (κ3) is 3.91. The van der Waals surface area contributed by atoms with E-state index in [0.717, 1.165) is 11.2 Å². The van der Waals surface area contributed by atoms with Crippen molar-refractivity contribution in [1.29, 1.82) is 0 Å². The van der Waals surface area contributed by atoms with Crippen molar-refractivity contribution >= 4 is 16.8 Å². The fourth-order valence-electron chi connectivity index (χ4n) is 2.98. The minimum atomic E-state index is -0.129. The molecule has 3 aromatic rings. The average Bonchev–Trinajstić information content (AvgIpc) is 2.63. The van der Waals surface area contributed by atoms with Crippen molar-refractivity contribution in [2.75, 3.05) is 6.54 Å². The molecule has 0 aliphatic rings. The summed E-state index contributed by atoms with van der Waals surface area (Å²) in [4.78, 5) is 35.9. The molecule has 6 heteroatoms. The lowest BCUT2D eigenvalue weighted by atomic mass is 10.2. The predicted molar refractivity (Wildman–Crippen MR) is 101 cm³/mol. The molecule has 0 saturated carbocycles. The van der Waals surface area contributed by atoms with Gasteiger partial charge in [0.1, 0.15) is 6.54 Å². The van der Waals surface area contributed by atoms with Crippen LogP contribution in [0.4, 0.5) is 0 Å². The first-order valence-electron chi connectivity index (χ1n) is 8.57. The highest BCUT2D eigenvalue weighted by molar-refractivity contribution is 5.82. The second kappa shape index (κ2) is 7.82. The van der Waals surface area contributed by atoms with Crippen molar-refractivity contribution in [1.82, 2.24) is 14.5 Å². The van der Waals surface area contributed by atoms with Crippen molar-refractivity contribution < 1.29 is 4.79 Å². The van der Waals surface area contributed by atoms with Crippen LogP contribution in [0.25, 0.3) is 10.9 Å². The molecule has 0 radical (unpaired) electrons. The van der Waals surface area contributed by atoms with Gasteiger partial charge < -0.3 is 14.5 Å². The van der Waals surface area contributed by atoms with Crippen LogP contribution in [-0.2, 0) is 17.9 Å². The number of nitrogens with zero attached hydrogens (tertiary/aromatic N) is 2. The van der Waals surface area contributed by atoms with E-state index in [1.165, 1.54) is 12.1 Å². The molecular formula is C20H21N3O3. The summed E-state index contributed by atoms with van der Waals surface area (Å²) in [6, 6.07) is 13.9. The number of pyridine rings is 2. The Morgan fingerprint density at radius 2 is 1.85 bits per heavy atom. The van der Waals surface area contributed by atoms with Gasteiger partial charge in [0.05, 0.1) is 5.52 Å². The Kier molecular flexibility index (Phi) is 5.31. The Morgan fingerprint density at radius 1 is 1.04 bits per heavy atom. The molecule has 6 nitrogen and oxygen atoms in total. The highest BCUT2D eigenvalue weighted by Crippen LogP contribution is 2.09. The van der Waals surface area contributed by atoms with E-state index in [1.54, 1.807) is 27.5 Å². The SMILES string of the molecule is Cc1cccc(=O)n1CCCNC(=O)Cn1ccc(=O)c2ccccc21. The van der Waals surface area contributed by atoms with Crippen LogP contribution in [0.1, 0.15) is 12.1 Å². The van der Waals surface area contributed by atoms with Gasteiger partial charge in [0.2, 0.25) is 5.91 Å². The van der Waals surface area contributed by atoms with E-state index < -0.39 is 0 Å². The largest absolute Gasteiger partial charge is 0.354 e. The Morgan fingerprint density at radius 3 is 2.65 bits per heavy atom. The minimum Gasteiger partial charge on any atom is -0.354 e. The summed E-state index contributed by atoms with van der Waals surface area (Å²) in [6.07, 6.45) is 2.30. The summed E-state index contributed by atoms with van der Waals surface area (Å²) < 4.78 is 3.46. The molecule has 1 amide bonds. The standard InChI is InChI=1S/C20H21N3O3/c1-15-6-4-9-20(26)23(15)12-5-11-21-19(25)14-22-13-10-18(24)16-7-2-3-8-17(16)22/h2-4,6-10,13H,5,11-12,14H2,1H3,(H,21,25). The maximum Gasteiger partial charge on any atom is 0.250 e. The van der Waals surface area contributed by atoms with Crippen molar-refractivity contribution in [2.24, 2.45) is 0 Å². The molecule has 0 aliphatic carbocycles. The molecule has 0 saturated heterocycles. The molecule has 26 heavy (non-hydrogen) atoms. The summed E-state index contributed by atoms with van der Waals surface area (Å²) in [5.74, 6) is -0.129. The first-order valence-corrected chi connectivity index (χ1v) is 8.57. The van der Waals surface area contributed by atoms with E-state index in [4.69, 9.17) is 0 Å². The smallest absolute Gasteiger partial charge is 0.250 e. The third-order valence-corrected chi connectivity index (χ3v) is 4.35. The molecule has 2 heterocycles. The second-order valence-corrected chi connectivity index (χ2v) is 6.19. The van der Waals surface area contributed by atoms with Gasteiger partial charge in [-0.15, -0.1) is 0 Å². The highest BCUT2D eigenvalue weighted by Gasteiger charge is 2.06. The molecule has 0 bridgehead atoms. The van der Waals surface area contributed by atoms with Gasteiger partial charge in [-0.1, -0.05) is 18.2 Å². The Hall–Kier alpha value is -3.15. The predicted octanol–water partition coefficient (Wildman–Crippen LogP) is 1.68. The van der Waals surface area contributed by atoms with E-state index in [-0.39, 0.29) is 23.4 Å². The third-order valence-electron chi connectivity index (χ3n) is 4.35. The lowest BCUT2D eigenvalue weighted by molar-refractivity contribution is -0.121. The summed E-state index contributed by atoms with van der Waals surface area (Å²) in [5, 5.41) is 3.47. The molecule has 0 spiro atoms. The normalized spacial score (nSPS) is 10.8. The van der Waals surface area contributed by atoms with Gasteiger partial charge in [-0.2, -0.15) is 0 Å². The molecule has 0 unspecified atom stereocenters. The van der Waals surface area contributed by atoms with Crippen molar-refractivity contribution in [3.63, 3.8) is 0 Å². The van der Waals surface area contributed by atoms with Crippen LogP contribution in [0.15, 0.2) is 64.3 Å². The molecule has 0 fully saturated rings. The van der Waals surface area contributed by atoms with E-state index in [1.807, 2.05) is 31.2 Å². The van der Waals surface area contributed by atoms with Gasteiger partial charge >= 0.3 is 0 Å². The number of para-hydroxylation sites is 1. The van der Waals surface area contributed by atoms with Gasteiger partial charge in [0, 0.05) is 42.5 Å². The van der Waals surface area contributed by atoms with Crippen molar-refractivity contribution in [2.45, 2.75) is 26.4 Å². The number of amides is 1. The van der Waals surface area contributed by atoms with E-state index >= 15 is 0 Å². The maximum atomic E-state index is 12.2. The zero-order valence-corrected chi connectivity index (χ0v) is 14.6. The zero-order chi connectivity index (χ0) is 18.5. The van der Waals surface area contributed by atoms with Gasteiger partial charge in [-0.3, -0.25) is 14.4 Å². The number of nitrogens with one attached hydrogen (secondary N) is 1. The monoisotopic (exact) mass is 351 g/mol. The number of carbonyl (C=O) groups excluding carboxylic acids is 1. The first-order chi connectivity index (χ1) is 12.6. The molecule has 134 valence electrons. The van der Waals surface area contributed by atoms with E-state index in [2.05, 4.69) is 5.32 Å². The number of aryl methyl sites for hydroxylation is 1. The molecular weight excluding hydrogens is 330 g/mol. The number of hydrogen-bond acceptors (Lipinski definition) is 3. The van der Waals surface area contributed by atoms with Crippen LogP contribution in [0.5, 0.6) is 0 Å². The van der Waals surface area contributed by atoms with E-state index in [0.29, 0.717) is 24.9 Å². The number of aromatic nitrogens is 2. The quantitative estimate of drug-likeness (QED) is 0.687. The van der Waals surface area contributed by atoms with Crippen LogP contribution in [0, 0.1) is 6.92 Å². The Bertz CT molecular complexity index is 1050. The molecule has 0 atom stereocenters. The van der Waals surface area contributed by atoms with Gasteiger partial charge in [-0.05, 0) is 31.5 Å². The van der Waals surface area contributed by atoms with Gasteiger partial charge in [0.25, 0.3) is 5.56 Å². The number of fused-ring (bicyclic) bond motifs is 1. The van der Waals surface area contributed by atoms with Crippen LogP contribution >= 0.6 is 0 Å². The number of benzene rings is 1. The summed E-state index contributed by atoms with van der Waals surface area (Å²) in [5.41, 5.74) is 1.56. The lowest BCUT2D eigenvalue weighted by Gasteiger charge is -2.12. The fraction of sp³-hybridized carbons (Fsp3) is 0.250. The Balaban J connectivity index is 1.58. The van der Waals surface area contributed by atoms with Gasteiger partial charge in [-0.25, -0.2) is 0 Å². The average molecular weight is 351 g/mol. The number of rotatable bonds is 6. The summed E-state index contributed by atoms with van der Waals surface area (Å²) in [7, 11) is 0. The lowest BCUT2D eigenvalue weighted by Crippen LogP contribution is -2.30. The summed E-state index contributed by atoms with van der Waals surface area (Å²) in [6.45, 7) is 3.08. The molecule has 2 aromatic heterocycles. The zero-order valence-electron chi connectivity index (χ0n) is 14.6. The Labute approximate surface area is 150 Å². The number of hydrogen-bond donors (Lipinski definition) is 1. The topological polar surface area (TPSA) is 73.1 Å². The van der Waals surface area contributed by atoms with Crippen LogP contribution in [-0.4, -0.2) is 21.6 Å². The molecule has 1 N–H and O–H groups in total. The highest BCUT2D eigenvalue weighted by atomic mass is 16.2. The fourth-order valence-corrected chi connectivity index (χ4v) is 2.98. The maximum absolute atomic E-state index is 12.2. The van der Waals surface area contributed by atoms with Crippen molar-refractivity contribution in [3.8, 4) is 0 Å². The van der Waals surface area contributed by atoms with Crippen molar-refractivity contribution in [3.05, 3.63) is 81.0 Å². The van der Waals surface area contributed by atoms with E-state index in [9.17, 15) is 14.4 Å². The molecule has 0 aliphatic heterocycles. The number of carbonyl (C=O) groups is 1. The van der Waals surface area contributed by atoms with Crippen LogP contribution < -0.4 is 16.3 Å². The second-order valence-electron chi connectivity index (χ2n) is 6.19. The van der Waals surface area contributed by atoms with Gasteiger partial charge in [0.15, 0.2) is 5.43 Å². The van der Waals surface area contributed by atoms with Crippen LogP contribution in [0.2, 0.25) is 0 Å².